The molecule has 5 unspecified atom stereocenters. The van der Waals surface area contributed by atoms with Gasteiger partial charge in [-0.1, -0.05) is 43.7 Å². The number of allylic oxidation sites excluding steroid dienone is 1. The number of rotatable bonds is 1. The van der Waals surface area contributed by atoms with Crippen molar-refractivity contribution in [3.05, 3.63) is 52.9 Å². The molecule has 29 heavy (non-hydrogen) atoms. The highest BCUT2D eigenvalue weighted by Crippen LogP contribution is 2.65. The monoisotopic (exact) mass is 396 g/mol. The largest absolute Gasteiger partial charge is 0.393 e. The minimum atomic E-state index is -0.442. The number of aliphatic hydroxyl groups is 2. The Hall–Kier alpha value is -1.45. The van der Waals surface area contributed by atoms with Crippen LogP contribution in [0.3, 0.4) is 0 Å². The minimum Gasteiger partial charge on any atom is -0.393 e. The van der Waals surface area contributed by atoms with E-state index in [9.17, 15) is 14.6 Å². The molecule has 4 aliphatic carbocycles. The summed E-state index contributed by atoms with van der Waals surface area (Å²) in [6.07, 6.45) is 10.9. The zero-order valence-corrected chi connectivity index (χ0v) is 17.6. The van der Waals surface area contributed by atoms with Crippen LogP contribution in [0.2, 0.25) is 0 Å². The van der Waals surface area contributed by atoms with E-state index in [1.165, 1.54) is 11.6 Å². The van der Waals surface area contributed by atoms with Gasteiger partial charge in [0.1, 0.15) is 5.82 Å². The standard InChI is InChI=1S/C26H33FO2/c1-25-10-8-20(28)15-18(25)6-7-21-22(25)9-11-26(2)23(21)14-17(24(26)29)12-16-4-3-5-19(27)13-16/h3-6,12-13,20-24,28-29H,7-11,14-15H2,1-2H3/b17-12+/t20?,21?,22?,23?,24?,25-,26-/m0/s1. The van der Waals surface area contributed by atoms with Crippen molar-refractivity contribution in [3.63, 3.8) is 0 Å². The normalized spacial score (nSPS) is 45.3. The predicted molar refractivity (Wildman–Crippen MR) is 113 cm³/mol. The first-order valence-corrected chi connectivity index (χ1v) is 11.3. The summed E-state index contributed by atoms with van der Waals surface area (Å²) in [5, 5.41) is 21.5. The minimum absolute atomic E-state index is 0.0871. The van der Waals surface area contributed by atoms with Crippen LogP contribution < -0.4 is 0 Å². The fourth-order valence-corrected chi connectivity index (χ4v) is 7.45. The second-order valence-corrected chi connectivity index (χ2v) is 10.6. The summed E-state index contributed by atoms with van der Waals surface area (Å²) >= 11 is 0. The molecule has 0 aromatic heterocycles. The Kier molecular flexibility index (Phi) is 4.56. The van der Waals surface area contributed by atoms with Crippen molar-refractivity contribution in [2.24, 2.45) is 28.6 Å². The van der Waals surface area contributed by atoms with Crippen LogP contribution in [-0.4, -0.2) is 22.4 Å². The molecular weight excluding hydrogens is 363 g/mol. The van der Waals surface area contributed by atoms with Crippen molar-refractivity contribution < 1.29 is 14.6 Å². The van der Waals surface area contributed by atoms with Gasteiger partial charge in [-0.15, -0.1) is 0 Å². The lowest BCUT2D eigenvalue weighted by atomic mass is 9.48. The summed E-state index contributed by atoms with van der Waals surface area (Å²) in [5.74, 6) is 1.48. The molecule has 3 heteroatoms. The highest BCUT2D eigenvalue weighted by Gasteiger charge is 2.59. The SMILES string of the molecule is C[C@]12CCC3C(CC=C4CC(O)CC[C@@]43C)C1C/C(=C\c1cccc(F)c1)C2O. The van der Waals surface area contributed by atoms with Crippen molar-refractivity contribution >= 4 is 6.08 Å². The first-order valence-electron chi connectivity index (χ1n) is 11.3. The van der Waals surface area contributed by atoms with Crippen LogP contribution in [0.1, 0.15) is 64.4 Å². The molecule has 0 bridgehead atoms. The Morgan fingerprint density at radius 3 is 2.69 bits per heavy atom. The van der Waals surface area contributed by atoms with Gasteiger partial charge < -0.3 is 10.2 Å². The Morgan fingerprint density at radius 2 is 1.90 bits per heavy atom. The van der Waals surface area contributed by atoms with Crippen molar-refractivity contribution in [1.82, 2.24) is 0 Å². The second kappa shape index (κ2) is 6.78. The van der Waals surface area contributed by atoms with Crippen LogP contribution in [0.25, 0.3) is 6.08 Å². The average Bonchev–Trinajstić information content (AvgIpc) is 2.93. The van der Waals surface area contributed by atoms with Crippen LogP contribution in [0, 0.1) is 34.4 Å². The highest BCUT2D eigenvalue weighted by molar-refractivity contribution is 5.55. The molecule has 0 heterocycles. The molecule has 0 spiro atoms. The molecular formula is C26H33FO2. The summed E-state index contributed by atoms with van der Waals surface area (Å²) in [6, 6.07) is 6.67. The van der Waals surface area contributed by atoms with Gasteiger partial charge >= 0.3 is 0 Å². The Morgan fingerprint density at radius 1 is 1.07 bits per heavy atom. The molecule has 7 atom stereocenters. The molecule has 1 aromatic rings. The topological polar surface area (TPSA) is 40.5 Å². The molecule has 0 saturated heterocycles. The summed E-state index contributed by atoms with van der Waals surface area (Å²) in [6.45, 7) is 4.70. The van der Waals surface area contributed by atoms with Crippen LogP contribution in [-0.2, 0) is 0 Å². The molecule has 0 amide bonds. The third-order valence-corrected chi connectivity index (χ3v) is 9.15. The van der Waals surface area contributed by atoms with Gasteiger partial charge in [0, 0.05) is 5.41 Å². The number of benzene rings is 1. The van der Waals surface area contributed by atoms with Gasteiger partial charge in [-0.25, -0.2) is 4.39 Å². The van der Waals surface area contributed by atoms with Gasteiger partial charge in [0.2, 0.25) is 0 Å². The third kappa shape index (κ3) is 2.96. The number of hydrogen-bond acceptors (Lipinski definition) is 2. The van der Waals surface area contributed by atoms with Gasteiger partial charge in [-0.3, -0.25) is 0 Å². The molecule has 1 aromatic carbocycles. The van der Waals surface area contributed by atoms with Gasteiger partial charge in [0.15, 0.2) is 0 Å². The first-order chi connectivity index (χ1) is 13.8. The van der Waals surface area contributed by atoms with Crippen molar-refractivity contribution in [3.8, 4) is 0 Å². The Bertz CT molecular complexity index is 873. The molecule has 5 rings (SSSR count). The number of halogens is 1. The van der Waals surface area contributed by atoms with E-state index in [4.69, 9.17) is 0 Å². The highest BCUT2D eigenvalue weighted by atomic mass is 19.1. The Labute approximate surface area is 173 Å². The predicted octanol–water partition coefficient (Wildman–Crippen LogP) is 5.50. The Balaban J connectivity index is 1.47. The number of hydrogen-bond donors (Lipinski definition) is 2. The van der Waals surface area contributed by atoms with Crippen molar-refractivity contribution in [2.45, 2.75) is 71.0 Å². The van der Waals surface area contributed by atoms with E-state index in [1.54, 1.807) is 12.1 Å². The van der Waals surface area contributed by atoms with Crippen LogP contribution in [0.5, 0.6) is 0 Å². The van der Waals surface area contributed by atoms with Crippen LogP contribution in [0.15, 0.2) is 41.5 Å². The van der Waals surface area contributed by atoms with Gasteiger partial charge in [0.05, 0.1) is 12.2 Å². The lowest BCUT2D eigenvalue weighted by Crippen LogP contribution is -2.51. The summed E-state index contributed by atoms with van der Waals surface area (Å²) < 4.78 is 13.6. The van der Waals surface area contributed by atoms with E-state index in [0.717, 1.165) is 56.1 Å². The molecule has 156 valence electrons. The van der Waals surface area contributed by atoms with E-state index in [-0.39, 0.29) is 22.8 Å². The van der Waals surface area contributed by atoms with Crippen LogP contribution in [0.4, 0.5) is 4.39 Å². The summed E-state index contributed by atoms with van der Waals surface area (Å²) in [4.78, 5) is 0. The molecule has 3 saturated carbocycles. The molecule has 0 aliphatic heterocycles. The zero-order chi connectivity index (χ0) is 20.4. The van der Waals surface area contributed by atoms with E-state index in [2.05, 4.69) is 19.9 Å². The third-order valence-electron chi connectivity index (χ3n) is 9.15. The summed E-state index contributed by atoms with van der Waals surface area (Å²) in [7, 11) is 0. The lowest BCUT2D eigenvalue weighted by molar-refractivity contribution is -0.0685. The van der Waals surface area contributed by atoms with Gasteiger partial charge in [0.25, 0.3) is 0 Å². The molecule has 4 aliphatic rings. The number of aliphatic hydroxyl groups excluding tert-OH is 2. The lowest BCUT2D eigenvalue weighted by Gasteiger charge is -2.57. The zero-order valence-electron chi connectivity index (χ0n) is 17.6. The smallest absolute Gasteiger partial charge is 0.123 e. The van der Waals surface area contributed by atoms with Gasteiger partial charge in [-0.05, 0) is 91.4 Å². The van der Waals surface area contributed by atoms with E-state index in [0.29, 0.717) is 17.8 Å². The maximum atomic E-state index is 13.6. The fourth-order valence-electron chi connectivity index (χ4n) is 7.45. The molecule has 0 radical (unpaired) electrons. The first kappa shape index (κ1) is 19.5. The van der Waals surface area contributed by atoms with Crippen molar-refractivity contribution in [1.29, 1.82) is 0 Å². The number of fused-ring (bicyclic) bond motifs is 5. The van der Waals surface area contributed by atoms with Crippen molar-refractivity contribution in [2.75, 3.05) is 0 Å². The maximum Gasteiger partial charge on any atom is 0.123 e. The quantitative estimate of drug-likeness (QED) is 0.615. The molecule has 3 fully saturated rings. The average molecular weight is 397 g/mol. The second-order valence-electron chi connectivity index (χ2n) is 10.6. The van der Waals surface area contributed by atoms with Crippen LogP contribution >= 0.6 is 0 Å². The summed E-state index contributed by atoms with van der Waals surface area (Å²) in [5.41, 5.74) is 3.52. The maximum absolute atomic E-state index is 13.6. The van der Waals surface area contributed by atoms with E-state index in [1.807, 2.05) is 12.1 Å². The van der Waals surface area contributed by atoms with E-state index < -0.39 is 6.10 Å². The fraction of sp³-hybridized carbons (Fsp3) is 0.615. The molecule has 2 N–H and O–H groups in total. The van der Waals surface area contributed by atoms with E-state index >= 15 is 0 Å². The molecule has 2 nitrogen and oxygen atoms in total. The van der Waals surface area contributed by atoms with Gasteiger partial charge in [-0.2, -0.15) is 0 Å².